The zero-order chi connectivity index (χ0) is 11.2. The topological polar surface area (TPSA) is 17.1 Å². The molecule has 0 aliphatic heterocycles. The lowest BCUT2D eigenvalue weighted by Gasteiger charge is -2.03. The van der Waals surface area contributed by atoms with E-state index in [1.807, 2.05) is 18.2 Å². The van der Waals surface area contributed by atoms with Crippen LogP contribution in [0.25, 0.3) is 11.1 Å². The minimum absolute atomic E-state index is 0.602. The first-order valence-corrected chi connectivity index (χ1v) is 5.48. The molecule has 0 spiro atoms. The van der Waals surface area contributed by atoms with Gasteiger partial charge in [0, 0.05) is 6.42 Å². The van der Waals surface area contributed by atoms with E-state index in [0.717, 1.165) is 12.7 Å². The molecular formula is C15H14O. The maximum absolute atomic E-state index is 10.3. The van der Waals surface area contributed by atoms with Crippen molar-refractivity contribution in [3.63, 3.8) is 0 Å². The summed E-state index contributed by atoms with van der Waals surface area (Å²) in [6.45, 7) is 0. The Morgan fingerprint density at radius 2 is 1.44 bits per heavy atom. The molecule has 16 heavy (non-hydrogen) atoms. The maximum atomic E-state index is 10.3. The van der Waals surface area contributed by atoms with E-state index in [0.29, 0.717) is 6.42 Å². The summed E-state index contributed by atoms with van der Waals surface area (Å²) in [5.41, 5.74) is 3.66. The molecule has 80 valence electrons. The molecule has 0 unspecified atom stereocenters. The third-order valence-electron chi connectivity index (χ3n) is 2.61. The zero-order valence-corrected chi connectivity index (χ0v) is 9.10. The normalized spacial score (nSPS) is 10.0. The second kappa shape index (κ2) is 5.26. The van der Waals surface area contributed by atoms with Gasteiger partial charge in [-0.25, -0.2) is 0 Å². The molecule has 1 nitrogen and oxygen atoms in total. The van der Waals surface area contributed by atoms with E-state index in [1.54, 1.807) is 0 Å². The summed E-state index contributed by atoms with van der Waals surface area (Å²) >= 11 is 0. The first kappa shape index (κ1) is 10.6. The van der Waals surface area contributed by atoms with Gasteiger partial charge in [-0.2, -0.15) is 0 Å². The van der Waals surface area contributed by atoms with Gasteiger partial charge in [0.2, 0.25) is 0 Å². The molecule has 0 N–H and O–H groups in total. The first-order valence-electron chi connectivity index (χ1n) is 5.48. The summed E-state index contributed by atoms with van der Waals surface area (Å²) in [6.07, 6.45) is 2.40. The Labute approximate surface area is 95.7 Å². The highest BCUT2D eigenvalue weighted by atomic mass is 16.1. The third-order valence-corrected chi connectivity index (χ3v) is 2.61. The second-order valence-electron chi connectivity index (χ2n) is 3.77. The van der Waals surface area contributed by atoms with Crippen molar-refractivity contribution in [2.45, 2.75) is 12.8 Å². The number of hydrogen-bond acceptors (Lipinski definition) is 1. The fourth-order valence-electron chi connectivity index (χ4n) is 1.72. The molecule has 2 aromatic carbocycles. The fourth-order valence-corrected chi connectivity index (χ4v) is 1.72. The number of carbonyl (C=O) groups is 1. The first-order chi connectivity index (χ1) is 7.90. The van der Waals surface area contributed by atoms with Gasteiger partial charge in [0.05, 0.1) is 0 Å². The van der Waals surface area contributed by atoms with Crippen LogP contribution in [-0.4, -0.2) is 6.29 Å². The van der Waals surface area contributed by atoms with Crippen molar-refractivity contribution < 1.29 is 4.79 Å². The van der Waals surface area contributed by atoms with Crippen molar-refractivity contribution >= 4 is 6.29 Å². The fraction of sp³-hybridized carbons (Fsp3) is 0.133. The Kier molecular flexibility index (Phi) is 3.50. The molecule has 0 amide bonds. The van der Waals surface area contributed by atoms with E-state index in [9.17, 15) is 4.79 Å². The van der Waals surface area contributed by atoms with Gasteiger partial charge in [-0.15, -0.1) is 0 Å². The summed E-state index contributed by atoms with van der Waals surface area (Å²) in [5, 5.41) is 0. The van der Waals surface area contributed by atoms with Crippen LogP contribution in [0.1, 0.15) is 12.0 Å². The van der Waals surface area contributed by atoms with E-state index in [4.69, 9.17) is 0 Å². The lowest BCUT2D eigenvalue weighted by Crippen LogP contribution is -1.86. The molecule has 0 radical (unpaired) electrons. The predicted molar refractivity (Wildman–Crippen MR) is 66.3 cm³/mol. The molecule has 0 bridgehead atoms. The average molecular weight is 210 g/mol. The van der Waals surface area contributed by atoms with Crippen LogP contribution in [0, 0.1) is 0 Å². The van der Waals surface area contributed by atoms with Crippen LogP contribution in [0.3, 0.4) is 0 Å². The summed E-state index contributed by atoms with van der Waals surface area (Å²) in [6, 6.07) is 18.7. The minimum atomic E-state index is 0.602. The van der Waals surface area contributed by atoms with Crippen molar-refractivity contribution in [2.75, 3.05) is 0 Å². The van der Waals surface area contributed by atoms with Crippen LogP contribution in [0.4, 0.5) is 0 Å². The van der Waals surface area contributed by atoms with Crippen molar-refractivity contribution in [1.82, 2.24) is 0 Å². The van der Waals surface area contributed by atoms with Crippen LogP contribution in [-0.2, 0) is 11.2 Å². The Morgan fingerprint density at radius 1 is 0.812 bits per heavy atom. The van der Waals surface area contributed by atoms with Crippen LogP contribution < -0.4 is 0 Å². The van der Waals surface area contributed by atoms with E-state index in [2.05, 4.69) is 36.4 Å². The Balaban J connectivity index is 2.16. The zero-order valence-electron chi connectivity index (χ0n) is 9.10. The highest BCUT2D eigenvalue weighted by Crippen LogP contribution is 2.19. The Morgan fingerprint density at radius 3 is 2.06 bits per heavy atom. The lowest BCUT2D eigenvalue weighted by atomic mass is 10.0. The number of aldehydes is 1. The Hall–Kier alpha value is -1.89. The molecule has 0 saturated heterocycles. The van der Waals surface area contributed by atoms with Gasteiger partial charge in [-0.1, -0.05) is 54.6 Å². The minimum Gasteiger partial charge on any atom is -0.303 e. The predicted octanol–water partition coefficient (Wildman–Crippen LogP) is 3.49. The van der Waals surface area contributed by atoms with E-state index in [-0.39, 0.29) is 0 Å². The van der Waals surface area contributed by atoms with Gasteiger partial charge >= 0.3 is 0 Å². The van der Waals surface area contributed by atoms with Crippen LogP contribution in [0.5, 0.6) is 0 Å². The number of benzene rings is 2. The molecule has 2 rings (SSSR count). The lowest BCUT2D eigenvalue weighted by molar-refractivity contribution is -0.107. The van der Waals surface area contributed by atoms with Crippen LogP contribution in [0.2, 0.25) is 0 Å². The van der Waals surface area contributed by atoms with Gasteiger partial charge in [0.15, 0.2) is 0 Å². The largest absolute Gasteiger partial charge is 0.303 e. The maximum Gasteiger partial charge on any atom is 0.120 e. The molecule has 0 fully saturated rings. The molecule has 0 aliphatic rings. The van der Waals surface area contributed by atoms with Gasteiger partial charge in [0.1, 0.15) is 6.29 Å². The molecule has 0 heterocycles. The molecule has 0 aliphatic carbocycles. The molecule has 0 atom stereocenters. The SMILES string of the molecule is O=CCCc1ccc(-c2ccccc2)cc1. The number of aryl methyl sites for hydroxylation is 1. The highest BCUT2D eigenvalue weighted by Gasteiger charge is 1.96. The summed E-state index contributed by atoms with van der Waals surface area (Å²) in [7, 11) is 0. The monoisotopic (exact) mass is 210 g/mol. The quantitative estimate of drug-likeness (QED) is 0.706. The van der Waals surface area contributed by atoms with Crippen molar-refractivity contribution in [3.8, 4) is 11.1 Å². The van der Waals surface area contributed by atoms with Gasteiger partial charge in [-0.05, 0) is 23.1 Å². The molecule has 2 aromatic rings. The molecule has 0 saturated carbocycles. The average Bonchev–Trinajstić information content (AvgIpc) is 2.38. The van der Waals surface area contributed by atoms with E-state index < -0.39 is 0 Å². The van der Waals surface area contributed by atoms with Crippen molar-refractivity contribution in [1.29, 1.82) is 0 Å². The third kappa shape index (κ3) is 2.57. The van der Waals surface area contributed by atoms with Gasteiger partial charge in [0.25, 0.3) is 0 Å². The number of carbonyl (C=O) groups excluding carboxylic acids is 1. The van der Waals surface area contributed by atoms with Crippen LogP contribution >= 0.6 is 0 Å². The van der Waals surface area contributed by atoms with E-state index >= 15 is 0 Å². The standard InChI is InChI=1S/C15H14O/c16-12-4-5-13-8-10-15(11-9-13)14-6-2-1-3-7-14/h1-3,6-12H,4-5H2. The summed E-state index contributed by atoms with van der Waals surface area (Å²) in [5.74, 6) is 0. The molecule has 0 aromatic heterocycles. The Bertz CT molecular complexity index is 443. The van der Waals surface area contributed by atoms with Gasteiger partial charge in [-0.3, -0.25) is 0 Å². The van der Waals surface area contributed by atoms with Crippen molar-refractivity contribution in [3.05, 3.63) is 60.2 Å². The van der Waals surface area contributed by atoms with Gasteiger partial charge < -0.3 is 4.79 Å². The summed E-state index contributed by atoms with van der Waals surface area (Å²) in [4.78, 5) is 10.3. The number of rotatable bonds is 4. The van der Waals surface area contributed by atoms with Crippen LogP contribution in [0.15, 0.2) is 54.6 Å². The van der Waals surface area contributed by atoms with Crippen molar-refractivity contribution in [2.24, 2.45) is 0 Å². The second-order valence-corrected chi connectivity index (χ2v) is 3.77. The number of hydrogen-bond donors (Lipinski definition) is 0. The highest BCUT2D eigenvalue weighted by molar-refractivity contribution is 5.63. The smallest absolute Gasteiger partial charge is 0.120 e. The van der Waals surface area contributed by atoms with E-state index in [1.165, 1.54) is 16.7 Å². The summed E-state index contributed by atoms with van der Waals surface area (Å²) < 4.78 is 0. The molecule has 1 heteroatoms. The molecular weight excluding hydrogens is 196 g/mol.